The Hall–Kier alpha value is -3.01. The SMILES string of the molecule is CCOC(=O)C1=C(CSC(C)=O)N=C(C)C(C(=O)OCC)C1c1cccc([N+](=O)[O-])c1. The number of esters is 2. The quantitative estimate of drug-likeness (QED) is 0.336. The van der Waals surface area contributed by atoms with E-state index in [1.165, 1.54) is 25.1 Å². The van der Waals surface area contributed by atoms with Gasteiger partial charge in [-0.1, -0.05) is 23.9 Å². The van der Waals surface area contributed by atoms with Crippen molar-refractivity contribution in [2.24, 2.45) is 10.9 Å². The van der Waals surface area contributed by atoms with Crippen molar-refractivity contribution in [1.82, 2.24) is 0 Å². The van der Waals surface area contributed by atoms with E-state index >= 15 is 0 Å². The van der Waals surface area contributed by atoms with Gasteiger partial charge in [0, 0.05) is 36.4 Å². The normalized spacial score (nSPS) is 18.3. The van der Waals surface area contributed by atoms with Crippen LogP contribution in [0.5, 0.6) is 0 Å². The number of hydrogen-bond donors (Lipinski definition) is 0. The predicted molar refractivity (Wildman–Crippen MR) is 116 cm³/mol. The predicted octanol–water partition coefficient (Wildman–Crippen LogP) is 3.43. The van der Waals surface area contributed by atoms with Crippen LogP contribution in [0.3, 0.4) is 0 Å². The topological polar surface area (TPSA) is 125 Å². The number of nitrogens with zero attached hydrogens (tertiary/aromatic N) is 2. The van der Waals surface area contributed by atoms with E-state index in [1.54, 1.807) is 26.8 Å². The molecule has 2 atom stereocenters. The second kappa shape index (κ2) is 10.9. The summed E-state index contributed by atoms with van der Waals surface area (Å²) >= 11 is 0.968. The van der Waals surface area contributed by atoms with Gasteiger partial charge in [-0.15, -0.1) is 0 Å². The third-order valence-corrected chi connectivity index (χ3v) is 5.43. The van der Waals surface area contributed by atoms with E-state index in [-0.39, 0.29) is 35.3 Å². The summed E-state index contributed by atoms with van der Waals surface area (Å²) in [7, 11) is 0. The molecule has 2 rings (SSSR count). The zero-order chi connectivity index (χ0) is 23.1. The van der Waals surface area contributed by atoms with Crippen molar-refractivity contribution in [2.45, 2.75) is 33.6 Å². The van der Waals surface area contributed by atoms with E-state index in [4.69, 9.17) is 9.47 Å². The van der Waals surface area contributed by atoms with Gasteiger partial charge in [0.1, 0.15) is 5.92 Å². The minimum absolute atomic E-state index is 0.0872. The maximum atomic E-state index is 13.0. The van der Waals surface area contributed by atoms with Crippen molar-refractivity contribution in [2.75, 3.05) is 19.0 Å². The van der Waals surface area contributed by atoms with Crippen molar-refractivity contribution >= 4 is 40.2 Å². The summed E-state index contributed by atoms with van der Waals surface area (Å²) in [5, 5.41) is 11.2. The second-order valence-corrected chi connectivity index (χ2v) is 7.83. The Kier molecular flexibility index (Phi) is 8.49. The zero-order valence-electron chi connectivity index (χ0n) is 17.7. The van der Waals surface area contributed by atoms with Gasteiger partial charge < -0.3 is 9.47 Å². The molecule has 0 N–H and O–H groups in total. The lowest BCUT2D eigenvalue weighted by Crippen LogP contribution is -2.37. The first-order valence-electron chi connectivity index (χ1n) is 9.70. The highest BCUT2D eigenvalue weighted by Crippen LogP contribution is 2.41. The van der Waals surface area contributed by atoms with E-state index in [1.807, 2.05) is 0 Å². The minimum atomic E-state index is -0.965. The average Bonchev–Trinajstić information content (AvgIpc) is 2.71. The Morgan fingerprint density at radius 2 is 1.87 bits per heavy atom. The molecular formula is C21H24N2O7S. The minimum Gasteiger partial charge on any atom is -0.465 e. The lowest BCUT2D eigenvalue weighted by Gasteiger charge is -2.32. The first kappa shape index (κ1) is 24.3. The fourth-order valence-corrected chi connectivity index (χ4v) is 3.95. The van der Waals surface area contributed by atoms with Crippen molar-refractivity contribution < 1.29 is 28.8 Å². The molecule has 0 saturated heterocycles. The van der Waals surface area contributed by atoms with Gasteiger partial charge in [0.05, 0.1) is 29.4 Å². The van der Waals surface area contributed by atoms with Crippen LogP contribution in [0.4, 0.5) is 5.69 Å². The highest BCUT2D eigenvalue weighted by Gasteiger charge is 2.43. The van der Waals surface area contributed by atoms with E-state index in [2.05, 4.69) is 4.99 Å². The first-order valence-corrected chi connectivity index (χ1v) is 10.7. The van der Waals surface area contributed by atoms with Crippen LogP contribution in [-0.4, -0.2) is 46.7 Å². The van der Waals surface area contributed by atoms with Crippen molar-refractivity contribution in [1.29, 1.82) is 0 Å². The maximum Gasteiger partial charge on any atom is 0.336 e. The molecule has 31 heavy (non-hydrogen) atoms. The van der Waals surface area contributed by atoms with Crippen LogP contribution < -0.4 is 0 Å². The Bertz CT molecular complexity index is 955. The smallest absolute Gasteiger partial charge is 0.336 e. The largest absolute Gasteiger partial charge is 0.465 e. The summed E-state index contributed by atoms with van der Waals surface area (Å²) in [6, 6.07) is 5.75. The van der Waals surface area contributed by atoms with Gasteiger partial charge in [0.15, 0.2) is 5.12 Å². The van der Waals surface area contributed by atoms with E-state index in [9.17, 15) is 24.5 Å². The average molecular weight is 448 g/mol. The lowest BCUT2D eigenvalue weighted by molar-refractivity contribution is -0.384. The molecule has 1 aromatic carbocycles. The molecule has 10 heteroatoms. The number of carbonyl (C=O) groups excluding carboxylic acids is 3. The number of nitro benzene ring substituents is 1. The zero-order valence-corrected chi connectivity index (χ0v) is 18.6. The third kappa shape index (κ3) is 5.78. The van der Waals surface area contributed by atoms with E-state index in [0.717, 1.165) is 11.8 Å². The first-order chi connectivity index (χ1) is 14.7. The molecule has 1 aromatic rings. The Morgan fingerprint density at radius 3 is 2.45 bits per heavy atom. The van der Waals surface area contributed by atoms with Gasteiger partial charge >= 0.3 is 11.9 Å². The molecule has 1 aliphatic heterocycles. The number of benzene rings is 1. The number of carbonyl (C=O) groups is 3. The fraction of sp³-hybridized carbons (Fsp3) is 0.429. The molecule has 0 saturated carbocycles. The fourth-order valence-electron chi connectivity index (χ4n) is 3.39. The van der Waals surface area contributed by atoms with Crippen LogP contribution in [0.25, 0.3) is 0 Å². The molecule has 166 valence electrons. The third-order valence-electron chi connectivity index (χ3n) is 4.60. The van der Waals surface area contributed by atoms with Crippen molar-refractivity contribution in [3.8, 4) is 0 Å². The van der Waals surface area contributed by atoms with Crippen molar-refractivity contribution in [3.05, 3.63) is 51.2 Å². The number of nitro groups is 1. The van der Waals surface area contributed by atoms with Gasteiger partial charge in [0.2, 0.25) is 0 Å². The Balaban J connectivity index is 2.74. The van der Waals surface area contributed by atoms with Crippen LogP contribution in [0, 0.1) is 16.0 Å². The molecule has 9 nitrogen and oxygen atoms in total. The molecule has 0 fully saturated rings. The molecule has 0 amide bonds. The molecule has 2 unspecified atom stereocenters. The van der Waals surface area contributed by atoms with Crippen LogP contribution in [0.2, 0.25) is 0 Å². The highest BCUT2D eigenvalue weighted by molar-refractivity contribution is 8.13. The molecule has 0 spiro atoms. The van der Waals surface area contributed by atoms with Gasteiger partial charge in [-0.2, -0.15) is 0 Å². The summed E-state index contributed by atoms with van der Waals surface area (Å²) in [5.41, 5.74) is 0.994. The summed E-state index contributed by atoms with van der Waals surface area (Å²) in [6.07, 6.45) is 0. The summed E-state index contributed by atoms with van der Waals surface area (Å²) in [4.78, 5) is 52.5. The molecular weight excluding hydrogens is 424 g/mol. The second-order valence-electron chi connectivity index (χ2n) is 6.67. The maximum absolute atomic E-state index is 13.0. The summed E-state index contributed by atoms with van der Waals surface area (Å²) in [5.74, 6) is -3.06. The van der Waals surface area contributed by atoms with Gasteiger partial charge in [-0.3, -0.25) is 24.7 Å². The number of thioether (sulfide) groups is 1. The van der Waals surface area contributed by atoms with E-state index in [0.29, 0.717) is 17.0 Å². The van der Waals surface area contributed by atoms with Crippen LogP contribution >= 0.6 is 11.8 Å². The monoisotopic (exact) mass is 448 g/mol. The van der Waals surface area contributed by atoms with Crippen LogP contribution in [0.15, 0.2) is 40.5 Å². The standard InChI is InChI=1S/C21H24N2O7S/c1-5-29-20(25)17-12(3)22-16(11-31-13(4)24)19(21(26)30-6-2)18(17)14-8-7-9-15(10-14)23(27)28/h7-10,17-18H,5-6,11H2,1-4H3. The highest BCUT2D eigenvalue weighted by atomic mass is 32.2. The van der Waals surface area contributed by atoms with Crippen LogP contribution in [-0.2, 0) is 23.9 Å². The number of rotatable bonds is 8. The van der Waals surface area contributed by atoms with Crippen LogP contribution in [0.1, 0.15) is 39.2 Å². The van der Waals surface area contributed by atoms with E-state index < -0.39 is 28.7 Å². The molecule has 1 aliphatic rings. The Labute approximate surface area is 184 Å². The van der Waals surface area contributed by atoms with Gasteiger partial charge in [-0.25, -0.2) is 4.79 Å². The summed E-state index contributed by atoms with van der Waals surface area (Å²) in [6.45, 7) is 6.54. The molecule has 0 aliphatic carbocycles. The summed E-state index contributed by atoms with van der Waals surface area (Å²) < 4.78 is 10.4. The van der Waals surface area contributed by atoms with Gasteiger partial charge in [-0.05, 0) is 26.3 Å². The lowest BCUT2D eigenvalue weighted by atomic mass is 9.75. The van der Waals surface area contributed by atoms with Crippen molar-refractivity contribution in [3.63, 3.8) is 0 Å². The number of aliphatic imine (C=N–C) groups is 1. The number of hydrogen-bond acceptors (Lipinski definition) is 9. The molecule has 0 bridgehead atoms. The van der Waals surface area contributed by atoms with Gasteiger partial charge in [0.25, 0.3) is 5.69 Å². The number of non-ortho nitro benzene ring substituents is 1. The molecule has 0 aromatic heterocycles. The molecule has 0 radical (unpaired) electrons. The molecule has 1 heterocycles. The number of ether oxygens (including phenoxy) is 2. The Morgan fingerprint density at radius 1 is 1.19 bits per heavy atom.